The summed E-state index contributed by atoms with van der Waals surface area (Å²) in [7, 11) is 0. The number of hydrogen-bond donors (Lipinski definition) is 1. The Morgan fingerprint density at radius 1 is 1.38 bits per heavy atom. The molecule has 1 aromatic rings. The highest BCUT2D eigenvalue weighted by molar-refractivity contribution is 5.37. The lowest BCUT2D eigenvalue weighted by Gasteiger charge is -2.06. The third-order valence-electron chi connectivity index (χ3n) is 2.46. The van der Waals surface area contributed by atoms with Crippen molar-refractivity contribution in [2.24, 2.45) is 0 Å². The number of nitrogens with zero attached hydrogens (tertiary/aromatic N) is 1. The van der Waals surface area contributed by atoms with Crippen molar-refractivity contribution in [2.75, 3.05) is 6.54 Å². The predicted molar refractivity (Wildman–Crippen MR) is 62.3 cm³/mol. The van der Waals surface area contributed by atoms with Gasteiger partial charge in [-0.1, -0.05) is 19.8 Å². The fraction of sp³-hybridized carbons (Fsp3) is 0.462. The molecule has 0 aromatic heterocycles. The monoisotopic (exact) mass is 220 g/mol. The zero-order valence-corrected chi connectivity index (χ0v) is 9.59. The number of hydrogen-bond acceptors (Lipinski definition) is 2. The Balaban J connectivity index is 2.46. The summed E-state index contributed by atoms with van der Waals surface area (Å²) >= 11 is 0. The second kappa shape index (κ2) is 6.97. The third-order valence-corrected chi connectivity index (χ3v) is 2.46. The Bertz CT molecular complexity index is 369. The third kappa shape index (κ3) is 4.00. The number of unbranched alkanes of at least 4 members (excludes halogenated alkanes) is 2. The molecule has 0 spiro atoms. The van der Waals surface area contributed by atoms with Gasteiger partial charge in [0.25, 0.3) is 0 Å². The van der Waals surface area contributed by atoms with Crippen LogP contribution in [0.3, 0.4) is 0 Å². The molecule has 0 radical (unpaired) electrons. The zero-order chi connectivity index (χ0) is 11.8. The van der Waals surface area contributed by atoms with Gasteiger partial charge in [0.1, 0.15) is 5.82 Å². The fourth-order valence-electron chi connectivity index (χ4n) is 1.54. The molecule has 0 aliphatic carbocycles. The Kier molecular flexibility index (Phi) is 5.52. The number of rotatable bonds is 6. The van der Waals surface area contributed by atoms with Crippen molar-refractivity contribution in [1.29, 1.82) is 5.26 Å². The first-order chi connectivity index (χ1) is 7.77. The first-order valence-corrected chi connectivity index (χ1v) is 5.67. The van der Waals surface area contributed by atoms with Gasteiger partial charge in [-0.2, -0.15) is 5.26 Å². The van der Waals surface area contributed by atoms with Crippen LogP contribution in [-0.4, -0.2) is 6.54 Å². The lowest BCUT2D eigenvalue weighted by atomic mass is 10.1. The van der Waals surface area contributed by atoms with Gasteiger partial charge in [0.15, 0.2) is 0 Å². The molecule has 0 saturated carbocycles. The largest absolute Gasteiger partial charge is 0.313 e. The summed E-state index contributed by atoms with van der Waals surface area (Å²) in [5.74, 6) is -0.288. The van der Waals surface area contributed by atoms with E-state index in [0.29, 0.717) is 12.1 Å². The van der Waals surface area contributed by atoms with E-state index in [1.165, 1.54) is 31.0 Å². The fourth-order valence-corrected chi connectivity index (χ4v) is 1.54. The average Bonchev–Trinajstić information content (AvgIpc) is 2.29. The quantitative estimate of drug-likeness (QED) is 0.748. The van der Waals surface area contributed by atoms with E-state index in [1.807, 2.05) is 0 Å². The summed E-state index contributed by atoms with van der Waals surface area (Å²) in [5.41, 5.74) is 1.28. The van der Waals surface area contributed by atoms with Gasteiger partial charge in [0.05, 0.1) is 11.6 Å². The normalized spacial score (nSPS) is 10.1. The molecule has 0 heterocycles. The van der Waals surface area contributed by atoms with E-state index in [-0.39, 0.29) is 5.82 Å². The van der Waals surface area contributed by atoms with Crippen LogP contribution in [0.2, 0.25) is 0 Å². The minimum atomic E-state index is -0.288. The van der Waals surface area contributed by atoms with Crippen LogP contribution < -0.4 is 5.32 Å². The van der Waals surface area contributed by atoms with E-state index in [4.69, 9.17) is 5.26 Å². The maximum absolute atomic E-state index is 13.0. The maximum atomic E-state index is 13.0. The van der Waals surface area contributed by atoms with Gasteiger partial charge in [-0.3, -0.25) is 0 Å². The van der Waals surface area contributed by atoms with Gasteiger partial charge in [0, 0.05) is 6.54 Å². The maximum Gasteiger partial charge on any atom is 0.123 e. The van der Waals surface area contributed by atoms with Gasteiger partial charge in [-0.15, -0.1) is 0 Å². The summed E-state index contributed by atoms with van der Waals surface area (Å²) in [5, 5.41) is 12.1. The van der Waals surface area contributed by atoms with E-state index in [9.17, 15) is 4.39 Å². The Morgan fingerprint density at radius 2 is 2.19 bits per heavy atom. The van der Waals surface area contributed by atoms with Gasteiger partial charge in [-0.05, 0) is 36.7 Å². The van der Waals surface area contributed by atoms with Crippen molar-refractivity contribution in [3.05, 3.63) is 35.1 Å². The zero-order valence-electron chi connectivity index (χ0n) is 9.59. The van der Waals surface area contributed by atoms with Crippen LogP contribution in [-0.2, 0) is 6.54 Å². The molecule has 0 amide bonds. The Hall–Kier alpha value is -1.40. The van der Waals surface area contributed by atoms with Crippen molar-refractivity contribution in [3.63, 3.8) is 0 Å². The topological polar surface area (TPSA) is 35.8 Å². The highest BCUT2D eigenvalue weighted by Gasteiger charge is 2.02. The van der Waals surface area contributed by atoms with E-state index >= 15 is 0 Å². The molecule has 0 fully saturated rings. The SMILES string of the molecule is CCCCCNCc1cc(F)ccc1C#N. The molecule has 0 saturated heterocycles. The summed E-state index contributed by atoms with van der Waals surface area (Å²) < 4.78 is 13.0. The Morgan fingerprint density at radius 3 is 2.88 bits per heavy atom. The highest BCUT2D eigenvalue weighted by Crippen LogP contribution is 2.10. The molecule has 0 bridgehead atoms. The smallest absolute Gasteiger partial charge is 0.123 e. The van der Waals surface area contributed by atoms with Gasteiger partial charge in [-0.25, -0.2) is 4.39 Å². The van der Waals surface area contributed by atoms with Crippen molar-refractivity contribution in [2.45, 2.75) is 32.7 Å². The first-order valence-electron chi connectivity index (χ1n) is 5.67. The van der Waals surface area contributed by atoms with Gasteiger partial charge < -0.3 is 5.32 Å². The highest BCUT2D eigenvalue weighted by atomic mass is 19.1. The van der Waals surface area contributed by atoms with Gasteiger partial charge >= 0.3 is 0 Å². The van der Waals surface area contributed by atoms with E-state index in [0.717, 1.165) is 18.5 Å². The van der Waals surface area contributed by atoms with Crippen LogP contribution in [0, 0.1) is 17.1 Å². The van der Waals surface area contributed by atoms with Crippen molar-refractivity contribution >= 4 is 0 Å². The molecule has 0 aliphatic heterocycles. The molecular formula is C13H17FN2. The minimum Gasteiger partial charge on any atom is -0.313 e. The number of nitrogens with one attached hydrogen (secondary N) is 1. The van der Waals surface area contributed by atoms with E-state index in [2.05, 4.69) is 18.3 Å². The molecule has 1 rings (SSSR count). The second-order valence-corrected chi connectivity index (χ2v) is 3.80. The predicted octanol–water partition coefficient (Wildman–Crippen LogP) is 2.98. The number of nitriles is 1. The van der Waals surface area contributed by atoms with Crippen LogP contribution in [0.4, 0.5) is 4.39 Å². The van der Waals surface area contributed by atoms with Crippen molar-refractivity contribution in [3.8, 4) is 6.07 Å². The molecule has 3 heteroatoms. The molecule has 2 nitrogen and oxygen atoms in total. The molecule has 1 aromatic carbocycles. The lowest BCUT2D eigenvalue weighted by molar-refractivity contribution is 0.604. The van der Waals surface area contributed by atoms with Crippen molar-refractivity contribution in [1.82, 2.24) is 5.32 Å². The van der Waals surface area contributed by atoms with Crippen LogP contribution in [0.1, 0.15) is 37.3 Å². The Labute approximate surface area is 96.1 Å². The standard InChI is InChI=1S/C13H17FN2/c1-2-3-4-7-16-10-12-8-13(14)6-5-11(12)9-15/h5-6,8,16H,2-4,7,10H2,1H3. The minimum absolute atomic E-state index is 0.288. The van der Waals surface area contributed by atoms with Crippen LogP contribution in [0.5, 0.6) is 0 Å². The summed E-state index contributed by atoms with van der Waals surface area (Å²) in [6, 6.07) is 6.33. The molecular weight excluding hydrogens is 203 g/mol. The first kappa shape index (κ1) is 12.7. The number of benzene rings is 1. The second-order valence-electron chi connectivity index (χ2n) is 3.80. The molecule has 1 N–H and O–H groups in total. The van der Waals surface area contributed by atoms with Crippen LogP contribution in [0.15, 0.2) is 18.2 Å². The lowest BCUT2D eigenvalue weighted by Crippen LogP contribution is -2.15. The molecule has 86 valence electrons. The van der Waals surface area contributed by atoms with Crippen molar-refractivity contribution < 1.29 is 4.39 Å². The summed E-state index contributed by atoms with van der Waals surface area (Å²) in [4.78, 5) is 0. The average molecular weight is 220 g/mol. The van der Waals surface area contributed by atoms with Crippen LogP contribution >= 0.6 is 0 Å². The molecule has 0 unspecified atom stereocenters. The molecule has 0 aliphatic rings. The summed E-state index contributed by atoms with van der Waals surface area (Å²) in [6.07, 6.45) is 3.50. The van der Waals surface area contributed by atoms with E-state index in [1.54, 1.807) is 0 Å². The molecule has 0 atom stereocenters. The van der Waals surface area contributed by atoms with Crippen LogP contribution in [0.25, 0.3) is 0 Å². The number of halogens is 1. The molecule has 16 heavy (non-hydrogen) atoms. The van der Waals surface area contributed by atoms with E-state index < -0.39 is 0 Å². The summed E-state index contributed by atoms with van der Waals surface area (Å²) in [6.45, 7) is 3.62. The van der Waals surface area contributed by atoms with Gasteiger partial charge in [0.2, 0.25) is 0 Å².